The Balaban J connectivity index is 1.78. The molecule has 2 heterocycles. The van der Waals surface area contributed by atoms with E-state index >= 15 is 0 Å². The van der Waals surface area contributed by atoms with E-state index in [-0.39, 0.29) is 6.10 Å². The second-order valence-electron chi connectivity index (χ2n) is 6.44. The van der Waals surface area contributed by atoms with Gasteiger partial charge in [0.1, 0.15) is 29.5 Å². The summed E-state index contributed by atoms with van der Waals surface area (Å²) in [5.41, 5.74) is 0.819. The number of hydrogen-bond acceptors (Lipinski definition) is 7. The molecule has 1 aliphatic heterocycles. The van der Waals surface area contributed by atoms with E-state index in [2.05, 4.69) is 27.1 Å². The molecule has 140 valence electrons. The van der Waals surface area contributed by atoms with Gasteiger partial charge < -0.3 is 24.4 Å². The van der Waals surface area contributed by atoms with Crippen LogP contribution in [0.1, 0.15) is 13.3 Å². The van der Waals surface area contributed by atoms with Gasteiger partial charge in [0.15, 0.2) is 0 Å². The summed E-state index contributed by atoms with van der Waals surface area (Å²) in [5.74, 6) is 3.59. The normalized spacial score (nSPS) is 19.9. The Kier molecular flexibility index (Phi) is 5.78. The van der Waals surface area contributed by atoms with E-state index in [1.807, 2.05) is 24.3 Å². The van der Waals surface area contributed by atoms with Crippen LogP contribution in [0.15, 0.2) is 30.6 Å². The third kappa shape index (κ3) is 3.99. The minimum atomic E-state index is 0.219. The second-order valence-corrected chi connectivity index (χ2v) is 6.44. The first-order valence-electron chi connectivity index (χ1n) is 8.73. The molecule has 7 nitrogen and oxygen atoms in total. The predicted octanol–water partition coefficient (Wildman–Crippen LogP) is 3.10. The van der Waals surface area contributed by atoms with Gasteiger partial charge in [-0.15, -0.1) is 0 Å². The van der Waals surface area contributed by atoms with Gasteiger partial charge in [0.25, 0.3) is 0 Å². The van der Waals surface area contributed by atoms with Gasteiger partial charge in [-0.2, -0.15) is 0 Å². The van der Waals surface area contributed by atoms with Gasteiger partial charge in [-0.1, -0.05) is 6.92 Å². The van der Waals surface area contributed by atoms with Crippen molar-refractivity contribution >= 4 is 17.3 Å². The SMILES string of the molecule is COc1ccc(Nc2cc(N3CCC(C)C(OC)C3)ncn2)c(OC)c1. The highest BCUT2D eigenvalue weighted by molar-refractivity contribution is 5.67. The van der Waals surface area contributed by atoms with Crippen LogP contribution in [-0.2, 0) is 4.74 Å². The molecular formula is C19H26N4O3. The molecule has 26 heavy (non-hydrogen) atoms. The van der Waals surface area contributed by atoms with Gasteiger partial charge in [0.05, 0.1) is 26.0 Å². The standard InChI is InChI=1S/C19H26N4O3/c1-13-7-8-23(11-17(13)26-4)19-10-18(20-12-21-19)22-15-6-5-14(24-2)9-16(15)25-3/h5-6,9-10,12-13,17H,7-8,11H2,1-4H3,(H,20,21,22). The number of nitrogens with one attached hydrogen (secondary N) is 1. The van der Waals surface area contributed by atoms with Crippen LogP contribution in [0.2, 0.25) is 0 Å². The van der Waals surface area contributed by atoms with Gasteiger partial charge in [-0.25, -0.2) is 9.97 Å². The fourth-order valence-electron chi connectivity index (χ4n) is 3.18. The van der Waals surface area contributed by atoms with Crippen LogP contribution in [0, 0.1) is 5.92 Å². The summed E-state index contributed by atoms with van der Waals surface area (Å²) in [6, 6.07) is 7.57. The maximum atomic E-state index is 5.60. The van der Waals surface area contributed by atoms with Crippen molar-refractivity contribution in [2.45, 2.75) is 19.4 Å². The molecule has 0 saturated carbocycles. The zero-order valence-electron chi connectivity index (χ0n) is 15.7. The maximum absolute atomic E-state index is 5.60. The molecule has 1 aromatic heterocycles. The molecule has 0 aliphatic carbocycles. The molecule has 7 heteroatoms. The molecule has 1 saturated heterocycles. The summed E-state index contributed by atoms with van der Waals surface area (Å²) in [6.07, 6.45) is 2.88. The van der Waals surface area contributed by atoms with E-state index in [1.54, 1.807) is 27.7 Å². The van der Waals surface area contributed by atoms with Crippen molar-refractivity contribution in [1.82, 2.24) is 9.97 Å². The number of methoxy groups -OCH3 is 3. The molecule has 2 unspecified atom stereocenters. The fourth-order valence-corrected chi connectivity index (χ4v) is 3.18. The molecule has 0 amide bonds. The number of nitrogens with zero attached hydrogens (tertiary/aromatic N) is 3. The van der Waals surface area contributed by atoms with Crippen LogP contribution < -0.4 is 19.7 Å². The van der Waals surface area contributed by atoms with Crippen molar-refractivity contribution in [3.63, 3.8) is 0 Å². The van der Waals surface area contributed by atoms with Crippen molar-refractivity contribution in [2.75, 3.05) is 44.6 Å². The highest BCUT2D eigenvalue weighted by Crippen LogP contribution is 2.32. The predicted molar refractivity (Wildman–Crippen MR) is 102 cm³/mol. The molecule has 1 fully saturated rings. The van der Waals surface area contributed by atoms with Crippen molar-refractivity contribution in [1.29, 1.82) is 0 Å². The summed E-state index contributed by atoms with van der Waals surface area (Å²) in [6.45, 7) is 4.03. The summed E-state index contributed by atoms with van der Waals surface area (Å²) in [5, 5.41) is 3.30. The van der Waals surface area contributed by atoms with E-state index in [0.717, 1.165) is 36.8 Å². The second kappa shape index (κ2) is 8.23. The Morgan fingerprint density at radius 2 is 1.96 bits per heavy atom. The Morgan fingerprint density at radius 1 is 1.12 bits per heavy atom. The van der Waals surface area contributed by atoms with E-state index in [0.29, 0.717) is 17.5 Å². The quantitative estimate of drug-likeness (QED) is 0.851. The molecule has 1 aliphatic rings. The average Bonchev–Trinajstić information content (AvgIpc) is 2.69. The third-order valence-corrected chi connectivity index (χ3v) is 4.84. The lowest BCUT2D eigenvalue weighted by Gasteiger charge is -2.36. The lowest BCUT2D eigenvalue weighted by molar-refractivity contribution is 0.0496. The van der Waals surface area contributed by atoms with Crippen molar-refractivity contribution in [2.24, 2.45) is 5.92 Å². The number of ether oxygens (including phenoxy) is 3. The zero-order chi connectivity index (χ0) is 18.5. The van der Waals surface area contributed by atoms with Crippen LogP contribution in [-0.4, -0.2) is 50.5 Å². The molecule has 2 atom stereocenters. The summed E-state index contributed by atoms with van der Waals surface area (Å²) < 4.78 is 16.3. The molecule has 3 rings (SSSR count). The summed E-state index contributed by atoms with van der Waals surface area (Å²) in [4.78, 5) is 11.0. The minimum absolute atomic E-state index is 0.219. The Bertz CT molecular complexity index is 740. The highest BCUT2D eigenvalue weighted by atomic mass is 16.5. The topological polar surface area (TPSA) is 68.7 Å². The zero-order valence-corrected chi connectivity index (χ0v) is 15.7. The monoisotopic (exact) mass is 358 g/mol. The highest BCUT2D eigenvalue weighted by Gasteiger charge is 2.26. The molecule has 2 aromatic rings. The number of benzene rings is 1. The molecule has 1 N–H and O–H groups in total. The Labute approximate surface area is 154 Å². The smallest absolute Gasteiger partial charge is 0.146 e. The fraction of sp³-hybridized carbons (Fsp3) is 0.474. The van der Waals surface area contributed by atoms with Crippen LogP contribution in [0.5, 0.6) is 11.5 Å². The summed E-state index contributed by atoms with van der Waals surface area (Å²) >= 11 is 0. The minimum Gasteiger partial charge on any atom is -0.497 e. The average molecular weight is 358 g/mol. The number of hydrogen-bond donors (Lipinski definition) is 1. The van der Waals surface area contributed by atoms with Crippen LogP contribution in [0.4, 0.5) is 17.3 Å². The van der Waals surface area contributed by atoms with Gasteiger partial charge in [-0.05, 0) is 24.5 Å². The first-order valence-corrected chi connectivity index (χ1v) is 8.73. The first kappa shape index (κ1) is 18.3. The lowest BCUT2D eigenvalue weighted by atomic mass is 9.96. The molecule has 0 radical (unpaired) electrons. The summed E-state index contributed by atoms with van der Waals surface area (Å²) in [7, 11) is 5.03. The van der Waals surface area contributed by atoms with Crippen LogP contribution >= 0.6 is 0 Å². The van der Waals surface area contributed by atoms with Crippen molar-refractivity contribution in [3.8, 4) is 11.5 Å². The van der Waals surface area contributed by atoms with E-state index < -0.39 is 0 Å². The number of anilines is 3. The van der Waals surface area contributed by atoms with E-state index in [4.69, 9.17) is 14.2 Å². The lowest BCUT2D eigenvalue weighted by Crippen LogP contribution is -2.44. The Hall–Kier alpha value is -2.54. The van der Waals surface area contributed by atoms with Crippen molar-refractivity contribution in [3.05, 3.63) is 30.6 Å². The first-order chi connectivity index (χ1) is 12.6. The maximum Gasteiger partial charge on any atom is 0.146 e. The third-order valence-electron chi connectivity index (χ3n) is 4.84. The van der Waals surface area contributed by atoms with Gasteiger partial charge in [0.2, 0.25) is 0 Å². The van der Waals surface area contributed by atoms with Gasteiger partial charge >= 0.3 is 0 Å². The van der Waals surface area contributed by atoms with E-state index in [9.17, 15) is 0 Å². The van der Waals surface area contributed by atoms with Crippen LogP contribution in [0.3, 0.4) is 0 Å². The Morgan fingerprint density at radius 3 is 2.69 bits per heavy atom. The number of aromatic nitrogens is 2. The van der Waals surface area contributed by atoms with E-state index in [1.165, 1.54) is 0 Å². The largest absolute Gasteiger partial charge is 0.497 e. The molecule has 0 bridgehead atoms. The molecular weight excluding hydrogens is 332 g/mol. The molecule has 0 spiro atoms. The van der Waals surface area contributed by atoms with Gasteiger partial charge in [0, 0.05) is 32.3 Å². The van der Waals surface area contributed by atoms with Crippen molar-refractivity contribution < 1.29 is 14.2 Å². The van der Waals surface area contributed by atoms with Gasteiger partial charge in [-0.3, -0.25) is 0 Å². The number of piperidine rings is 1. The number of rotatable bonds is 6. The molecule has 1 aromatic carbocycles. The van der Waals surface area contributed by atoms with Crippen LogP contribution in [0.25, 0.3) is 0 Å².